The quantitative estimate of drug-likeness (QED) is 0.487. The molecule has 4 heteroatoms. The zero-order valence-corrected chi connectivity index (χ0v) is 15.2. The normalized spacial score (nSPS) is 10.7. The molecule has 0 fully saturated rings. The second-order valence-electron chi connectivity index (χ2n) is 6.00. The van der Waals surface area contributed by atoms with E-state index >= 15 is 0 Å². The summed E-state index contributed by atoms with van der Waals surface area (Å²) in [5, 5.41) is 4.12. The number of carbonyl (C=O) groups is 1. The van der Waals surface area contributed by atoms with Crippen molar-refractivity contribution in [3.63, 3.8) is 0 Å². The number of nitrogens with zero attached hydrogens (tertiary/aromatic N) is 1. The van der Waals surface area contributed by atoms with Gasteiger partial charge in [-0.25, -0.2) is 5.43 Å². The maximum absolute atomic E-state index is 12.2. The highest BCUT2D eigenvalue weighted by atomic mass is 16.5. The molecular formula is C21H24N2O2. The lowest BCUT2D eigenvalue weighted by Crippen LogP contribution is -2.17. The van der Waals surface area contributed by atoms with E-state index in [2.05, 4.69) is 50.9 Å². The fourth-order valence-electron chi connectivity index (χ4n) is 2.52. The molecule has 0 bridgehead atoms. The molecule has 0 radical (unpaired) electrons. The van der Waals surface area contributed by atoms with Gasteiger partial charge in [0.25, 0.3) is 5.91 Å². The Morgan fingerprint density at radius 1 is 1.12 bits per heavy atom. The lowest BCUT2D eigenvalue weighted by atomic mass is 9.95. The first kappa shape index (κ1) is 18.5. The maximum Gasteiger partial charge on any atom is 0.271 e. The first-order valence-electron chi connectivity index (χ1n) is 8.18. The molecule has 1 amide bonds. The third kappa shape index (κ3) is 4.57. The molecule has 2 rings (SSSR count). The van der Waals surface area contributed by atoms with E-state index in [4.69, 9.17) is 4.74 Å². The minimum Gasteiger partial charge on any atom is -0.490 e. The molecule has 25 heavy (non-hydrogen) atoms. The van der Waals surface area contributed by atoms with Crippen molar-refractivity contribution < 1.29 is 9.53 Å². The summed E-state index contributed by atoms with van der Waals surface area (Å²) in [5.74, 6) is 0.438. The number of rotatable bonds is 6. The average Bonchev–Trinajstić information content (AvgIpc) is 2.61. The SMILES string of the molecule is C=CCOc1ccc(C(=O)N/N=C\c2c(C)c(C)cc(C)c2C)cc1. The number of carbonyl (C=O) groups excluding carboxylic acids is 1. The Morgan fingerprint density at radius 2 is 1.72 bits per heavy atom. The summed E-state index contributed by atoms with van der Waals surface area (Å²) in [7, 11) is 0. The summed E-state index contributed by atoms with van der Waals surface area (Å²) in [6.45, 7) is 12.3. The fourth-order valence-corrected chi connectivity index (χ4v) is 2.52. The maximum atomic E-state index is 12.2. The molecule has 4 nitrogen and oxygen atoms in total. The van der Waals surface area contributed by atoms with Gasteiger partial charge >= 0.3 is 0 Å². The van der Waals surface area contributed by atoms with E-state index in [0.29, 0.717) is 17.9 Å². The number of benzene rings is 2. The standard InChI is InChI=1S/C21H24N2O2/c1-6-11-25-19-9-7-18(8-10-19)21(24)23-22-13-20-16(4)14(2)12-15(3)17(20)5/h6-10,12-13H,1,11H2,2-5H3,(H,23,24)/b22-13-. The number of aryl methyl sites for hydroxylation is 2. The average molecular weight is 336 g/mol. The van der Waals surface area contributed by atoms with Gasteiger partial charge in [0.1, 0.15) is 12.4 Å². The monoisotopic (exact) mass is 336 g/mol. The van der Waals surface area contributed by atoms with Crippen molar-refractivity contribution in [2.75, 3.05) is 6.61 Å². The molecule has 1 N–H and O–H groups in total. The van der Waals surface area contributed by atoms with Gasteiger partial charge in [-0.2, -0.15) is 5.10 Å². The molecule has 0 aliphatic rings. The predicted octanol–water partition coefficient (Wildman–Crippen LogP) is 4.25. The van der Waals surface area contributed by atoms with Gasteiger partial charge in [-0.1, -0.05) is 18.7 Å². The van der Waals surface area contributed by atoms with E-state index in [0.717, 1.165) is 5.56 Å². The van der Waals surface area contributed by atoms with Crippen molar-refractivity contribution in [1.82, 2.24) is 5.43 Å². The van der Waals surface area contributed by atoms with Crippen molar-refractivity contribution >= 4 is 12.1 Å². The van der Waals surface area contributed by atoms with Gasteiger partial charge in [-0.15, -0.1) is 0 Å². The van der Waals surface area contributed by atoms with Gasteiger partial charge < -0.3 is 4.74 Å². The van der Waals surface area contributed by atoms with Gasteiger partial charge in [-0.05, 0) is 74.2 Å². The van der Waals surface area contributed by atoms with Gasteiger partial charge in [0, 0.05) is 11.1 Å². The lowest BCUT2D eigenvalue weighted by molar-refractivity contribution is 0.0955. The van der Waals surface area contributed by atoms with Crippen LogP contribution in [0.1, 0.15) is 38.2 Å². The van der Waals surface area contributed by atoms with Gasteiger partial charge in [0.05, 0.1) is 6.21 Å². The van der Waals surface area contributed by atoms with Crippen LogP contribution in [0.2, 0.25) is 0 Å². The van der Waals surface area contributed by atoms with Crippen molar-refractivity contribution in [2.45, 2.75) is 27.7 Å². The van der Waals surface area contributed by atoms with Gasteiger partial charge in [0.2, 0.25) is 0 Å². The minimum atomic E-state index is -0.258. The number of hydrogen-bond donors (Lipinski definition) is 1. The van der Waals surface area contributed by atoms with Gasteiger partial charge in [-0.3, -0.25) is 4.79 Å². The Labute approximate surface area is 149 Å². The van der Waals surface area contributed by atoms with Crippen LogP contribution in [0.3, 0.4) is 0 Å². The summed E-state index contributed by atoms with van der Waals surface area (Å²) in [5.41, 5.74) is 8.92. The molecule has 0 aliphatic heterocycles. The van der Waals surface area contributed by atoms with Crippen LogP contribution < -0.4 is 10.2 Å². The Hall–Kier alpha value is -2.88. The van der Waals surface area contributed by atoms with E-state index in [1.807, 2.05) is 0 Å². The van der Waals surface area contributed by atoms with Crippen LogP contribution in [0, 0.1) is 27.7 Å². The summed E-state index contributed by atoms with van der Waals surface area (Å²) in [6.07, 6.45) is 3.39. The molecule has 0 spiro atoms. The van der Waals surface area contributed by atoms with Crippen LogP contribution in [0.5, 0.6) is 5.75 Å². The highest BCUT2D eigenvalue weighted by Crippen LogP contribution is 2.19. The third-order valence-electron chi connectivity index (χ3n) is 4.27. The smallest absolute Gasteiger partial charge is 0.271 e. The molecule has 0 heterocycles. The molecular weight excluding hydrogens is 312 g/mol. The van der Waals surface area contributed by atoms with Crippen LogP contribution in [-0.4, -0.2) is 18.7 Å². The molecule has 0 atom stereocenters. The van der Waals surface area contributed by atoms with Crippen LogP contribution in [0.4, 0.5) is 0 Å². The Morgan fingerprint density at radius 3 is 2.28 bits per heavy atom. The number of hydrazone groups is 1. The summed E-state index contributed by atoms with van der Waals surface area (Å²) in [4.78, 5) is 12.2. The number of hydrogen-bond acceptors (Lipinski definition) is 3. The fraction of sp³-hybridized carbons (Fsp3) is 0.238. The second-order valence-corrected chi connectivity index (χ2v) is 6.00. The van der Waals surface area contributed by atoms with Crippen LogP contribution >= 0.6 is 0 Å². The van der Waals surface area contributed by atoms with E-state index < -0.39 is 0 Å². The third-order valence-corrected chi connectivity index (χ3v) is 4.27. The highest BCUT2D eigenvalue weighted by molar-refractivity contribution is 5.95. The summed E-state index contributed by atoms with van der Waals surface area (Å²) in [6, 6.07) is 9.07. The van der Waals surface area contributed by atoms with Crippen molar-refractivity contribution in [3.8, 4) is 5.75 Å². The largest absolute Gasteiger partial charge is 0.490 e. The summed E-state index contributed by atoms with van der Waals surface area (Å²) >= 11 is 0. The minimum absolute atomic E-state index is 0.258. The molecule has 2 aromatic rings. The number of nitrogens with one attached hydrogen (secondary N) is 1. The topological polar surface area (TPSA) is 50.7 Å². The van der Waals surface area contributed by atoms with Gasteiger partial charge in [0.15, 0.2) is 0 Å². The molecule has 130 valence electrons. The molecule has 0 aliphatic carbocycles. The second kappa shape index (κ2) is 8.29. The van der Waals surface area contributed by atoms with E-state index in [1.165, 1.54) is 22.3 Å². The van der Waals surface area contributed by atoms with Crippen LogP contribution in [-0.2, 0) is 0 Å². The molecule has 0 aromatic heterocycles. The Balaban J connectivity index is 2.07. The Bertz CT molecular complexity index is 779. The first-order valence-corrected chi connectivity index (χ1v) is 8.18. The molecule has 0 saturated carbocycles. The highest BCUT2D eigenvalue weighted by Gasteiger charge is 2.07. The van der Waals surface area contributed by atoms with E-state index in [9.17, 15) is 4.79 Å². The van der Waals surface area contributed by atoms with Crippen molar-refractivity contribution in [3.05, 3.63) is 76.4 Å². The number of amides is 1. The van der Waals surface area contributed by atoms with Crippen LogP contribution in [0.15, 0.2) is 48.1 Å². The zero-order valence-electron chi connectivity index (χ0n) is 15.2. The first-order chi connectivity index (χ1) is 11.9. The number of ether oxygens (including phenoxy) is 1. The van der Waals surface area contributed by atoms with E-state index in [-0.39, 0.29) is 5.91 Å². The summed E-state index contributed by atoms with van der Waals surface area (Å²) < 4.78 is 5.40. The predicted molar refractivity (Wildman–Crippen MR) is 103 cm³/mol. The lowest BCUT2D eigenvalue weighted by Gasteiger charge is -2.11. The molecule has 0 saturated heterocycles. The molecule has 0 unspecified atom stereocenters. The van der Waals surface area contributed by atoms with Crippen molar-refractivity contribution in [1.29, 1.82) is 0 Å². The zero-order chi connectivity index (χ0) is 18.4. The van der Waals surface area contributed by atoms with Crippen LogP contribution in [0.25, 0.3) is 0 Å². The van der Waals surface area contributed by atoms with E-state index in [1.54, 1.807) is 36.6 Å². The Kier molecular flexibility index (Phi) is 6.12. The molecule has 2 aromatic carbocycles. The van der Waals surface area contributed by atoms with Crippen molar-refractivity contribution in [2.24, 2.45) is 5.10 Å².